The molecule has 0 aromatic carbocycles. The standard InChI is InChI=1S/C11H23NO3/c1-14-10-11(15-2)4-3-6-12(7-5-11)8-9-13/h13H,3-10H2,1-2H3. The van der Waals surface area contributed by atoms with E-state index in [2.05, 4.69) is 4.90 Å². The van der Waals surface area contributed by atoms with E-state index in [1.165, 1.54) is 0 Å². The summed E-state index contributed by atoms with van der Waals surface area (Å²) < 4.78 is 10.8. The van der Waals surface area contributed by atoms with Crippen LogP contribution in [0.3, 0.4) is 0 Å². The molecule has 0 aromatic rings. The van der Waals surface area contributed by atoms with Crippen molar-refractivity contribution >= 4 is 0 Å². The molecule has 0 radical (unpaired) electrons. The Labute approximate surface area is 92.2 Å². The predicted molar refractivity (Wildman–Crippen MR) is 59.0 cm³/mol. The van der Waals surface area contributed by atoms with Gasteiger partial charge in [0.25, 0.3) is 0 Å². The lowest BCUT2D eigenvalue weighted by Gasteiger charge is -2.30. The summed E-state index contributed by atoms with van der Waals surface area (Å²) in [7, 11) is 3.48. The van der Waals surface area contributed by atoms with Crippen molar-refractivity contribution in [2.24, 2.45) is 0 Å². The van der Waals surface area contributed by atoms with Gasteiger partial charge in [-0.25, -0.2) is 0 Å². The third-order valence-corrected chi connectivity index (χ3v) is 3.25. The van der Waals surface area contributed by atoms with E-state index in [4.69, 9.17) is 14.6 Å². The Hall–Kier alpha value is -0.160. The summed E-state index contributed by atoms with van der Waals surface area (Å²) >= 11 is 0. The van der Waals surface area contributed by atoms with Crippen LogP contribution >= 0.6 is 0 Å². The number of methoxy groups -OCH3 is 2. The maximum Gasteiger partial charge on any atom is 0.0923 e. The molecule has 1 saturated heterocycles. The molecule has 15 heavy (non-hydrogen) atoms. The number of hydrogen-bond donors (Lipinski definition) is 1. The molecule has 4 heteroatoms. The van der Waals surface area contributed by atoms with E-state index in [1.54, 1.807) is 14.2 Å². The number of rotatable bonds is 5. The van der Waals surface area contributed by atoms with Gasteiger partial charge in [0.15, 0.2) is 0 Å². The summed E-state index contributed by atoms with van der Waals surface area (Å²) in [5, 5.41) is 8.90. The first kappa shape index (κ1) is 12.9. The van der Waals surface area contributed by atoms with E-state index < -0.39 is 0 Å². The van der Waals surface area contributed by atoms with Gasteiger partial charge in [-0.3, -0.25) is 0 Å². The van der Waals surface area contributed by atoms with Crippen LogP contribution in [0, 0.1) is 0 Å². The van der Waals surface area contributed by atoms with E-state index >= 15 is 0 Å². The summed E-state index contributed by atoms with van der Waals surface area (Å²) in [6.45, 7) is 3.71. The molecule has 90 valence electrons. The van der Waals surface area contributed by atoms with Crippen molar-refractivity contribution in [3.8, 4) is 0 Å². The lowest BCUT2D eigenvalue weighted by molar-refractivity contribution is -0.0727. The van der Waals surface area contributed by atoms with Gasteiger partial charge < -0.3 is 19.5 Å². The van der Waals surface area contributed by atoms with Gasteiger partial charge in [0.05, 0.1) is 18.8 Å². The fourth-order valence-corrected chi connectivity index (χ4v) is 2.26. The molecule has 0 bridgehead atoms. The lowest BCUT2D eigenvalue weighted by atomic mass is 9.96. The third-order valence-electron chi connectivity index (χ3n) is 3.25. The van der Waals surface area contributed by atoms with Crippen molar-refractivity contribution in [1.82, 2.24) is 4.90 Å². The Morgan fingerprint density at radius 1 is 1.27 bits per heavy atom. The molecule has 0 aliphatic carbocycles. The third kappa shape index (κ3) is 3.72. The second kappa shape index (κ2) is 6.43. The van der Waals surface area contributed by atoms with Gasteiger partial charge in [-0.1, -0.05) is 0 Å². The Morgan fingerprint density at radius 2 is 2.07 bits per heavy atom. The number of aliphatic hydroxyl groups excluding tert-OH is 1. The molecule has 4 nitrogen and oxygen atoms in total. The lowest BCUT2D eigenvalue weighted by Crippen LogP contribution is -2.38. The molecule has 1 aliphatic rings. The molecule has 1 rings (SSSR count). The smallest absolute Gasteiger partial charge is 0.0923 e. The summed E-state index contributed by atoms with van der Waals surface area (Å²) in [6, 6.07) is 0. The van der Waals surface area contributed by atoms with Crippen LogP contribution in [0.15, 0.2) is 0 Å². The molecular formula is C11H23NO3. The number of hydrogen-bond acceptors (Lipinski definition) is 4. The van der Waals surface area contributed by atoms with Crippen molar-refractivity contribution in [2.75, 3.05) is 47.1 Å². The molecule has 1 N–H and O–H groups in total. The Balaban J connectivity index is 2.48. The molecule has 1 fully saturated rings. The first-order valence-electron chi connectivity index (χ1n) is 5.63. The van der Waals surface area contributed by atoms with Gasteiger partial charge in [-0.2, -0.15) is 0 Å². The van der Waals surface area contributed by atoms with Crippen LogP contribution < -0.4 is 0 Å². The van der Waals surface area contributed by atoms with Gasteiger partial charge >= 0.3 is 0 Å². The van der Waals surface area contributed by atoms with Crippen molar-refractivity contribution in [1.29, 1.82) is 0 Å². The van der Waals surface area contributed by atoms with Crippen molar-refractivity contribution < 1.29 is 14.6 Å². The minimum Gasteiger partial charge on any atom is -0.395 e. The number of nitrogens with zero attached hydrogens (tertiary/aromatic N) is 1. The molecule has 0 saturated carbocycles. The predicted octanol–water partition coefficient (Wildman–Crippen LogP) is 0.496. The maximum absolute atomic E-state index is 8.90. The first-order valence-corrected chi connectivity index (χ1v) is 5.63. The topological polar surface area (TPSA) is 41.9 Å². The highest BCUT2D eigenvalue weighted by Gasteiger charge is 2.32. The second-order valence-corrected chi connectivity index (χ2v) is 4.24. The van der Waals surface area contributed by atoms with E-state index in [0.717, 1.165) is 38.9 Å². The van der Waals surface area contributed by atoms with E-state index in [-0.39, 0.29) is 12.2 Å². The molecule has 0 amide bonds. The van der Waals surface area contributed by atoms with E-state index in [0.29, 0.717) is 6.61 Å². The minimum atomic E-state index is -0.112. The molecule has 1 heterocycles. The number of ether oxygens (including phenoxy) is 2. The Bertz CT molecular complexity index is 177. The molecule has 1 unspecified atom stereocenters. The molecule has 1 aliphatic heterocycles. The van der Waals surface area contributed by atoms with Crippen molar-refractivity contribution in [3.63, 3.8) is 0 Å². The first-order chi connectivity index (χ1) is 7.26. The zero-order chi connectivity index (χ0) is 11.1. The monoisotopic (exact) mass is 217 g/mol. The second-order valence-electron chi connectivity index (χ2n) is 4.24. The van der Waals surface area contributed by atoms with E-state index in [1.807, 2.05) is 0 Å². The van der Waals surface area contributed by atoms with E-state index in [9.17, 15) is 0 Å². The normalized spacial score (nSPS) is 29.0. The summed E-state index contributed by atoms with van der Waals surface area (Å²) in [5.41, 5.74) is -0.112. The van der Waals surface area contributed by atoms with Crippen LogP contribution in [0.25, 0.3) is 0 Å². The molecule has 0 spiro atoms. The number of β-amino-alcohol motifs (C(OH)–C–C–N with tert-alkyl or cyclic N) is 1. The Kier molecular flexibility index (Phi) is 5.53. The Morgan fingerprint density at radius 3 is 2.67 bits per heavy atom. The fraction of sp³-hybridized carbons (Fsp3) is 1.00. The number of aliphatic hydroxyl groups is 1. The fourth-order valence-electron chi connectivity index (χ4n) is 2.26. The van der Waals surface area contributed by atoms with Gasteiger partial charge in [-0.05, 0) is 25.8 Å². The minimum absolute atomic E-state index is 0.112. The van der Waals surface area contributed by atoms with Crippen molar-refractivity contribution in [2.45, 2.75) is 24.9 Å². The van der Waals surface area contributed by atoms with Gasteiger partial charge in [0.2, 0.25) is 0 Å². The van der Waals surface area contributed by atoms with Crippen LogP contribution in [-0.2, 0) is 9.47 Å². The molecular weight excluding hydrogens is 194 g/mol. The SMILES string of the molecule is COCC1(OC)CCCN(CCO)CC1. The summed E-state index contributed by atoms with van der Waals surface area (Å²) in [6.07, 6.45) is 3.13. The average Bonchev–Trinajstić information content (AvgIpc) is 2.44. The van der Waals surface area contributed by atoms with Crippen LogP contribution in [0.4, 0.5) is 0 Å². The highest BCUT2D eigenvalue weighted by molar-refractivity contribution is 4.85. The maximum atomic E-state index is 8.90. The molecule has 0 aromatic heterocycles. The summed E-state index contributed by atoms with van der Waals surface area (Å²) in [5.74, 6) is 0. The van der Waals surface area contributed by atoms with Gasteiger partial charge in [-0.15, -0.1) is 0 Å². The van der Waals surface area contributed by atoms with Crippen molar-refractivity contribution in [3.05, 3.63) is 0 Å². The molecule has 1 atom stereocenters. The highest BCUT2D eigenvalue weighted by Crippen LogP contribution is 2.25. The van der Waals surface area contributed by atoms with Gasteiger partial charge in [0, 0.05) is 27.3 Å². The average molecular weight is 217 g/mol. The summed E-state index contributed by atoms with van der Waals surface area (Å²) in [4.78, 5) is 2.29. The zero-order valence-corrected chi connectivity index (χ0v) is 9.87. The largest absolute Gasteiger partial charge is 0.395 e. The van der Waals surface area contributed by atoms with Gasteiger partial charge in [0.1, 0.15) is 0 Å². The van der Waals surface area contributed by atoms with Crippen LogP contribution in [0.5, 0.6) is 0 Å². The zero-order valence-electron chi connectivity index (χ0n) is 9.87. The van der Waals surface area contributed by atoms with Crippen LogP contribution in [0.1, 0.15) is 19.3 Å². The van der Waals surface area contributed by atoms with Crippen LogP contribution in [-0.4, -0.2) is 62.7 Å². The van der Waals surface area contributed by atoms with Crippen LogP contribution in [0.2, 0.25) is 0 Å². The quantitative estimate of drug-likeness (QED) is 0.728. The number of likely N-dealkylation sites (tertiary alicyclic amines) is 1. The highest BCUT2D eigenvalue weighted by atomic mass is 16.5.